The molecule has 2 aromatic heterocycles. The summed E-state index contributed by atoms with van der Waals surface area (Å²) >= 11 is 0. The fourth-order valence-corrected chi connectivity index (χ4v) is 6.00. The molecule has 7 nitrogen and oxygen atoms in total. The van der Waals surface area contributed by atoms with Crippen molar-refractivity contribution in [3.63, 3.8) is 0 Å². The summed E-state index contributed by atoms with van der Waals surface area (Å²) in [5, 5.41) is 13.6. The molecule has 0 spiro atoms. The maximum atomic E-state index is 13.4. The molecule has 6 rings (SSSR count). The molecule has 4 heterocycles. The summed E-state index contributed by atoms with van der Waals surface area (Å²) in [6.07, 6.45) is 9.07. The van der Waals surface area contributed by atoms with Crippen molar-refractivity contribution in [2.24, 2.45) is 17.8 Å². The predicted octanol–water partition coefficient (Wildman–Crippen LogP) is 1.95. The van der Waals surface area contributed by atoms with Gasteiger partial charge in [-0.1, -0.05) is 0 Å². The van der Waals surface area contributed by atoms with Crippen molar-refractivity contribution in [2.75, 3.05) is 13.2 Å². The number of rotatable bonds is 6. The van der Waals surface area contributed by atoms with E-state index >= 15 is 0 Å². The molecule has 168 valence electrons. The Morgan fingerprint density at radius 3 is 2.56 bits per heavy atom. The molecule has 0 aromatic carbocycles. The second-order valence-electron chi connectivity index (χ2n) is 10.0. The number of hydrogen-bond donors (Lipinski definition) is 2. The summed E-state index contributed by atoms with van der Waals surface area (Å²) in [5.74, 6) is 0.578. The van der Waals surface area contributed by atoms with E-state index in [-0.39, 0.29) is 48.0 Å². The molecule has 1 saturated heterocycles. The van der Waals surface area contributed by atoms with E-state index in [9.17, 15) is 14.7 Å². The molecule has 2 aromatic rings. The van der Waals surface area contributed by atoms with Crippen LogP contribution in [-0.4, -0.2) is 50.7 Å². The van der Waals surface area contributed by atoms with E-state index in [4.69, 9.17) is 0 Å². The average molecular weight is 435 g/mol. The Balaban J connectivity index is 1.37. The Kier molecular flexibility index (Phi) is 4.91. The number of fused-ring (bicyclic) bond motifs is 3. The highest BCUT2D eigenvalue weighted by atomic mass is 16.3. The summed E-state index contributed by atoms with van der Waals surface area (Å²) in [7, 11) is 0. The second-order valence-corrected chi connectivity index (χ2v) is 10.0. The molecule has 4 atom stereocenters. The van der Waals surface area contributed by atoms with Gasteiger partial charge in [0.1, 0.15) is 0 Å². The zero-order valence-electron chi connectivity index (χ0n) is 18.2. The quantitative estimate of drug-likeness (QED) is 0.726. The molecule has 0 bridgehead atoms. The van der Waals surface area contributed by atoms with E-state index in [0.717, 1.165) is 30.6 Å². The number of hydrogen-bond acceptors (Lipinski definition) is 5. The van der Waals surface area contributed by atoms with Gasteiger partial charge in [0.25, 0.3) is 5.56 Å². The molecule has 7 heteroatoms. The Morgan fingerprint density at radius 1 is 1.12 bits per heavy atom. The highest BCUT2D eigenvalue weighted by Crippen LogP contribution is 2.51. The van der Waals surface area contributed by atoms with Crippen LogP contribution in [0.25, 0.3) is 11.1 Å². The van der Waals surface area contributed by atoms with Crippen LogP contribution < -0.4 is 10.9 Å². The number of carbonyl (C=O) groups excluding carboxylic acids is 1. The smallest absolute Gasteiger partial charge is 0.258 e. The molecule has 2 saturated carbocycles. The number of aromatic nitrogens is 2. The summed E-state index contributed by atoms with van der Waals surface area (Å²) < 4.78 is 1.88. The molecule has 0 radical (unpaired) electrons. The van der Waals surface area contributed by atoms with Crippen molar-refractivity contribution in [3.8, 4) is 11.1 Å². The number of aliphatic hydroxyl groups is 1. The lowest BCUT2D eigenvalue weighted by atomic mass is 9.87. The lowest BCUT2D eigenvalue weighted by Crippen LogP contribution is -2.52. The summed E-state index contributed by atoms with van der Waals surface area (Å²) in [6, 6.07) is 7.65. The minimum atomic E-state index is -0.320. The zero-order valence-corrected chi connectivity index (χ0v) is 18.2. The molecule has 4 aliphatic rings. The molecule has 32 heavy (non-hydrogen) atoms. The fraction of sp³-hybridized carbons (Fsp3) is 0.560. The number of carbonyl (C=O) groups is 1. The molecule has 2 N–H and O–H groups in total. The Labute approximate surface area is 187 Å². The summed E-state index contributed by atoms with van der Waals surface area (Å²) in [6.45, 7) is 1.38. The monoisotopic (exact) mass is 434 g/mol. The molecule has 2 aliphatic carbocycles. The van der Waals surface area contributed by atoms with Gasteiger partial charge in [0.2, 0.25) is 5.91 Å². The van der Waals surface area contributed by atoms with Crippen LogP contribution >= 0.6 is 0 Å². The zero-order chi connectivity index (χ0) is 21.8. The molecule has 2 aliphatic heterocycles. The normalized spacial score (nSPS) is 29.4. The van der Waals surface area contributed by atoms with Gasteiger partial charge in [0.05, 0.1) is 12.1 Å². The molecule has 0 unspecified atom stereocenters. The number of aliphatic hydroxyl groups excluding tert-OH is 1. The first-order chi connectivity index (χ1) is 15.7. The van der Waals surface area contributed by atoms with Crippen LogP contribution in [0.3, 0.4) is 0 Å². The lowest BCUT2D eigenvalue weighted by molar-refractivity contribution is -0.129. The van der Waals surface area contributed by atoms with Gasteiger partial charge in [-0.05, 0) is 67.9 Å². The van der Waals surface area contributed by atoms with Gasteiger partial charge in [-0.3, -0.25) is 19.5 Å². The van der Waals surface area contributed by atoms with E-state index < -0.39 is 0 Å². The van der Waals surface area contributed by atoms with Crippen molar-refractivity contribution < 1.29 is 9.90 Å². The number of amides is 1. The van der Waals surface area contributed by atoms with E-state index in [1.54, 1.807) is 12.4 Å². The SMILES string of the molecule is O=C(NC1CCC1)[C@H]1[C@H](CO)[C@H]2Cn3c(ccc(-c4ccncc4)c3=O)[C@H]2N1CC1CC1. The highest BCUT2D eigenvalue weighted by Gasteiger charge is 2.56. The van der Waals surface area contributed by atoms with Crippen LogP contribution in [0.1, 0.15) is 43.8 Å². The van der Waals surface area contributed by atoms with Crippen molar-refractivity contribution >= 4 is 5.91 Å². The lowest BCUT2D eigenvalue weighted by Gasteiger charge is -2.34. The van der Waals surface area contributed by atoms with Gasteiger partial charge < -0.3 is 15.0 Å². The van der Waals surface area contributed by atoms with Crippen molar-refractivity contribution in [1.82, 2.24) is 19.8 Å². The third-order valence-corrected chi connectivity index (χ3v) is 8.07. The summed E-state index contributed by atoms with van der Waals surface area (Å²) in [4.78, 5) is 33.1. The number of likely N-dealkylation sites (tertiary alicyclic amines) is 1. The van der Waals surface area contributed by atoms with Crippen molar-refractivity contribution in [1.29, 1.82) is 0 Å². The van der Waals surface area contributed by atoms with Crippen LogP contribution in [0, 0.1) is 17.8 Å². The van der Waals surface area contributed by atoms with Gasteiger partial charge in [-0.15, -0.1) is 0 Å². The van der Waals surface area contributed by atoms with Gasteiger partial charge >= 0.3 is 0 Å². The van der Waals surface area contributed by atoms with Crippen LogP contribution in [0.5, 0.6) is 0 Å². The largest absolute Gasteiger partial charge is 0.396 e. The highest BCUT2D eigenvalue weighted by molar-refractivity contribution is 5.83. The third kappa shape index (κ3) is 3.21. The first-order valence-electron chi connectivity index (χ1n) is 12.0. The molecule has 3 fully saturated rings. The second kappa shape index (κ2) is 7.81. The molecular weight excluding hydrogens is 404 g/mol. The van der Waals surface area contributed by atoms with Crippen molar-refractivity contribution in [2.45, 2.75) is 56.8 Å². The average Bonchev–Trinajstić information content (AvgIpc) is 3.43. The van der Waals surface area contributed by atoms with E-state index in [1.807, 2.05) is 22.8 Å². The number of nitrogens with zero attached hydrogens (tertiary/aromatic N) is 3. The Hall–Kier alpha value is -2.51. The van der Waals surface area contributed by atoms with Crippen LogP contribution in [0.4, 0.5) is 0 Å². The van der Waals surface area contributed by atoms with E-state index in [2.05, 4.69) is 21.3 Å². The first kappa shape index (κ1) is 20.1. The number of pyridine rings is 2. The van der Waals surface area contributed by atoms with Gasteiger partial charge in [0, 0.05) is 61.2 Å². The summed E-state index contributed by atoms with van der Waals surface area (Å²) in [5.41, 5.74) is 2.52. The van der Waals surface area contributed by atoms with Crippen LogP contribution in [0.15, 0.2) is 41.5 Å². The van der Waals surface area contributed by atoms with Crippen molar-refractivity contribution in [3.05, 3.63) is 52.7 Å². The maximum absolute atomic E-state index is 13.4. The maximum Gasteiger partial charge on any atom is 0.258 e. The minimum absolute atomic E-state index is 0.00151. The fourth-order valence-electron chi connectivity index (χ4n) is 6.00. The van der Waals surface area contributed by atoms with Gasteiger partial charge in [-0.25, -0.2) is 0 Å². The number of nitrogens with one attached hydrogen (secondary N) is 1. The van der Waals surface area contributed by atoms with E-state index in [1.165, 1.54) is 19.3 Å². The third-order valence-electron chi connectivity index (χ3n) is 8.07. The van der Waals surface area contributed by atoms with Gasteiger partial charge in [-0.2, -0.15) is 0 Å². The Morgan fingerprint density at radius 2 is 1.91 bits per heavy atom. The van der Waals surface area contributed by atoms with E-state index in [0.29, 0.717) is 18.0 Å². The van der Waals surface area contributed by atoms with Crippen LogP contribution in [-0.2, 0) is 11.3 Å². The Bertz CT molecular complexity index is 1080. The van der Waals surface area contributed by atoms with Gasteiger partial charge in [0.15, 0.2) is 0 Å². The predicted molar refractivity (Wildman–Crippen MR) is 120 cm³/mol. The standard InChI is InChI=1S/C25H30N4O3/c30-14-20-19-13-28-21(7-6-18(25(28)32)16-8-10-26-11-9-16)22(19)29(12-15-4-5-15)23(20)24(31)27-17-2-1-3-17/h6-11,15,17,19-20,22-23,30H,1-5,12-14H2,(H,27,31)/t19-,20-,22+,23-/m1/s1. The van der Waals surface area contributed by atoms with Crippen LogP contribution in [0.2, 0.25) is 0 Å². The molecule has 1 amide bonds. The first-order valence-corrected chi connectivity index (χ1v) is 12.0. The molecular formula is C25H30N4O3. The minimum Gasteiger partial charge on any atom is -0.396 e. The topological polar surface area (TPSA) is 87.5 Å².